The van der Waals surface area contributed by atoms with Crippen molar-refractivity contribution in [3.63, 3.8) is 0 Å². The predicted molar refractivity (Wildman–Crippen MR) is 84.4 cm³/mol. The summed E-state index contributed by atoms with van der Waals surface area (Å²) >= 11 is 3.60. The number of nitrogens with zero attached hydrogens (tertiary/aromatic N) is 1. The molecule has 2 aromatic rings. The summed E-state index contributed by atoms with van der Waals surface area (Å²) in [5, 5.41) is 5.96. The molecule has 2 unspecified atom stereocenters. The number of fused-ring (bicyclic) bond motifs is 1. The second-order valence-electron chi connectivity index (χ2n) is 5.66. The Morgan fingerprint density at radius 2 is 2.16 bits per heavy atom. The Labute approximate surface area is 122 Å². The van der Waals surface area contributed by atoms with Gasteiger partial charge in [0.25, 0.3) is 0 Å². The van der Waals surface area contributed by atoms with E-state index in [1.165, 1.54) is 30.0 Å². The molecule has 3 heteroatoms. The smallest absolute Gasteiger partial charge is 0.133 e. The quantitative estimate of drug-likeness (QED) is 0.875. The van der Waals surface area contributed by atoms with Crippen LogP contribution >= 0.6 is 15.9 Å². The lowest BCUT2D eigenvalue weighted by Gasteiger charge is -2.13. The van der Waals surface area contributed by atoms with Gasteiger partial charge in [-0.15, -0.1) is 0 Å². The molecule has 100 valence electrons. The lowest BCUT2D eigenvalue weighted by atomic mass is 10.1. The van der Waals surface area contributed by atoms with Crippen LogP contribution in [0.15, 0.2) is 34.9 Å². The molecule has 19 heavy (non-hydrogen) atoms. The Hall–Kier alpha value is -1.09. The van der Waals surface area contributed by atoms with Gasteiger partial charge in [-0.25, -0.2) is 4.98 Å². The van der Waals surface area contributed by atoms with Crippen molar-refractivity contribution in [1.29, 1.82) is 0 Å². The molecule has 1 fully saturated rings. The summed E-state index contributed by atoms with van der Waals surface area (Å²) in [4.78, 5) is 4.50. The van der Waals surface area contributed by atoms with Crippen LogP contribution < -0.4 is 5.32 Å². The van der Waals surface area contributed by atoms with Crippen LogP contribution in [0.5, 0.6) is 0 Å². The van der Waals surface area contributed by atoms with E-state index >= 15 is 0 Å². The standard InChI is InChI=1S/C16H19BrN2/c1-11-5-6-12(9-11)10-19-16-14-3-2-4-15(17)13(14)7-8-18-16/h2-4,7-8,11-12H,5-6,9-10H2,1H3,(H,18,19). The molecule has 0 saturated heterocycles. The molecule has 0 spiro atoms. The fourth-order valence-electron chi connectivity index (χ4n) is 3.06. The zero-order chi connectivity index (χ0) is 13.2. The van der Waals surface area contributed by atoms with Gasteiger partial charge in [0.15, 0.2) is 0 Å². The van der Waals surface area contributed by atoms with E-state index in [0.29, 0.717) is 0 Å². The van der Waals surface area contributed by atoms with E-state index in [1.54, 1.807) is 0 Å². The van der Waals surface area contributed by atoms with Crippen molar-refractivity contribution in [2.24, 2.45) is 11.8 Å². The molecule has 1 saturated carbocycles. The van der Waals surface area contributed by atoms with Gasteiger partial charge >= 0.3 is 0 Å². The highest BCUT2D eigenvalue weighted by atomic mass is 79.9. The monoisotopic (exact) mass is 318 g/mol. The molecule has 1 heterocycles. The average Bonchev–Trinajstić information content (AvgIpc) is 2.83. The van der Waals surface area contributed by atoms with Crippen LogP contribution in [0.3, 0.4) is 0 Å². The highest BCUT2D eigenvalue weighted by molar-refractivity contribution is 9.10. The Bertz CT molecular complexity index is 582. The van der Waals surface area contributed by atoms with E-state index in [4.69, 9.17) is 0 Å². The van der Waals surface area contributed by atoms with Crippen LogP contribution in [-0.2, 0) is 0 Å². The Morgan fingerprint density at radius 3 is 2.95 bits per heavy atom. The number of aromatic nitrogens is 1. The number of rotatable bonds is 3. The molecule has 1 aromatic carbocycles. The molecule has 2 atom stereocenters. The first-order valence-corrected chi connectivity index (χ1v) is 7.80. The molecule has 0 bridgehead atoms. The van der Waals surface area contributed by atoms with Crippen molar-refractivity contribution >= 4 is 32.5 Å². The minimum atomic E-state index is 0.805. The van der Waals surface area contributed by atoms with Crippen LogP contribution in [0.25, 0.3) is 10.8 Å². The summed E-state index contributed by atoms with van der Waals surface area (Å²) in [6, 6.07) is 8.33. The third-order valence-electron chi connectivity index (χ3n) is 4.11. The highest BCUT2D eigenvalue weighted by Gasteiger charge is 2.21. The third-order valence-corrected chi connectivity index (χ3v) is 4.81. The van der Waals surface area contributed by atoms with Crippen molar-refractivity contribution in [3.05, 3.63) is 34.9 Å². The molecule has 0 amide bonds. The Kier molecular flexibility index (Phi) is 3.74. The number of anilines is 1. The minimum absolute atomic E-state index is 0.805. The van der Waals surface area contributed by atoms with Crippen LogP contribution in [-0.4, -0.2) is 11.5 Å². The number of halogens is 1. The summed E-state index contributed by atoms with van der Waals surface area (Å²) in [5.74, 6) is 2.71. The van der Waals surface area contributed by atoms with E-state index in [-0.39, 0.29) is 0 Å². The molecule has 1 aliphatic carbocycles. The molecular formula is C16H19BrN2. The molecule has 0 radical (unpaired) electrons. The van der Waals surface area contributed by atoms with Gasteiger partial charge in [-0.2, -0.15) is 0 Å². The summed E-state index contributed by atoms with van der Waals surface area (Å²) < 4.78 is 1.13. The van der Waals surface area contributed by atoms with E-state index < -0.39 is 0 Å². The van der Waals surface area contributed by atoms with Gasteiger partial charge in [0, 0.05) is 28.0 Å². The highest BCUT2D eigenvalue weighted by Crippen LogP contribution is 2.31. The van der Waals surface area contributed by atoms with Crippen LogP contribution in [0.2, 0.25) is 0 Å². The molecule has 1 aromatic heterocycles. The van der Waals surface area contributed by atoms with E-state index in [0.717, 1.165) is 28.7 Å². The molecule has 1 aliphatic rings. The first-order valence-electron chi connectivity index (χ1n) is 7.01. The third kappa shape index (κ3) is 2.76. The summed E-state index contributed by atoms with van der Waals surface area (Å²) in [5.41, 5.74) is 0. The SMILES string of the molecule is CC1CCC(CNc2nccc3c(Br)cccc23)C1. The zero-order valence-electron chi connectivity index (χ0n) is 11.2. The first-order chi connectivity index (χ1) is 9.24. The minimum Gasteiger partial charge on any atom is -0.369 e. The van der Waals surface area contributed by atoms with E-state index in [9.17, 15) is 0 Å². The van der Waals surface area contributed by atoms with Gasteiger partial charge in [-0.1, -0.05) is 41.4 Å². The Morgan fingerprint density at radius 1 is 1.26 bits per heavy atom. The molecule has 2 nitrogen and oxygen atoms in total. The Balaban J connectivity index is 1.79. The maximum absolute atomic E-state index is 4.50. The number of pyridine rings is 1. The van der Waals surface area contributed by atoms with Crippen molar-refractivity contribution in [2.45, 2.75) is 26.2 Å². The van der Waals surface area contributed by atoms with Crippen LogP contribution in [0.4, 0.5) is 5.82 Å². The van der Waals surface area contributed by atoms with Crippen molar-refractivity contribution in [2.75, 3.05) is 11.9 Å². The van der Waals surface area contributed by atoms with Crippen molar-refractivity contribution in [1.82, 2.24) is 4.98 Å². The molecule has 0 aliphatic heterocycles. The largest absolute Gasteiger partial charge is 0.369 e. The lowest BCUT2D eigenvalue weighted by Crippen LogP contribution is -2.12. The molecule has 1 N–H and O–H groups in total. The average molecular weight is 319 g/mol. The number of nitrogens with one attached hydrogen (secondary N) is 1. The van der Waals surface area contributed by atoms with Crippen molar-refractivity contribution < 1.29 is 0 Å². The predicted octanol–water partition coefficient (Wildman–Crippen LogP) is 4.85. The van der Waals surface area contributed by atoms with Gasteiger partial charge in [0.2, 0.25) is 0 Å². The summed E-state index contributed by atoms with van der Waals surface area (Å²) in [7, 11) is 0. The van der Waals surface area contributed by atoms with Crippen LogP contribution in [0.1, 0.15) is 26.2 Å². The van der Waals surface area contributed by atoms with Gasteiger partial charge in [-0.3, -0.25) is 0 Å². The maximum atomic E-state index is 4.50. The second-order valence-corrected chi connectivity index (χ2v) is 6.51. The number of hydrogen-bond acceptors (Lipinski definition) is 2. The van der Waals surface area contributed by atoms with E-state index in [2.05, 4.69) is 57.4 Å². The summed E-state index contributed by atoms with van der Waals surface area (Å²) in [6.07, 6.45) is 5.96. The first kappa shape index (κ1) is 12.9. The van der Waals surface area contributed by atoms with E-state index in [1.807, 2.05) is 6.20 Å². The van der Waals surface area contributed by atoms with Crippen LogP contribution in [0, 0.1) is 11.8 Å². The summed E-state index contributed by atoms with van der Waals surface area (Å²) in [6.45, 7) is 3.40. The molecule has 3 rings (SSSR count). The lowest BCUT2D eigenvalue weighted by molar-refractivity contribution is 0.537. The van der Waals surface area contributed by atoms with Crippen molar-refractivity contribution in [3.8, 4) is 0 Å². The fraction of sp³-hybridized carbons (Fsp3) is 0.438. The fourth-order valence-corrected chi connectivity index (χ4v) is 3.56. The van der Waals surface area contributed by atoms with Gasteiger partial charge < -0.3 is 5.32 Å². The van der Waals surface area contributed by atoms with Gasteiger partial charge in [-0.05, 0) is 36.8 Å². The topological polar surface area (TPSA) is 24.9 Å². The number of benzene rings is 1. The number of hydrogen-bond donors (Lipinski definition) is 1. The normalized spacial score (nSPS) is 22.8. The second kappa shape index (κ2) is 5.49. The zero-order valence-corrected chi connectivity index (χ0v) is 12.8. The van der Waals surface area contributed by atoms with Gasteiger partial charge in [0.1, 0.15) is 5.82 Å². The molecular weight excluding hydrogens is 300 g/mol. The van der Waals surface area contributed by atoms with Gasteiger partial charge in [0.05, 0.1) is 0 Å². The maximum Gasteiger partial charge on any atom is 0.133 e.